The Kier molecular flexibility index (Phi) is 8.42. The van der Waals surface area contributed by atoms with E-state index in [2.05, 4.69) is 159 Å². The van der Waals surface area contributed by atoms with Gasteiger partial charge in [0.25, 0.3) is 0 Å². The molecule has 5 heterocycles. The number of fused-ring (bicyclic) bond motifs is 6. The van der Waals surface area contributed by atoms with Crippen LogP contribution in [-0.4, -0.2) is 30.8 Å². The van der Waals surface area contributed by atoms with E-state index in [0.29, 0.717) is 5.70 Å². The average Bonchev–Trinajstić information content (AvgIpc) is 3.79. The molecule has 0 N–H and O–H groups in total. The van der Waals surface area contributed by atoms with E-state index in [4.69, 9.17) is 9.97 Å². The van der Waals surface area contributed by atoms with Gasteiger partial charge in [-0.2, -0.15) is 0 Å². The van der Waals surface area contributed by atoms with E-state index < -0.39 is 0 Å². The lowest BCUT2D eigenvalue weighted by Crippen LogP contribution is -1.97. The van der Waals surface area contributed by atoms with Crippen molar-refractivity contribution in [3.8, 4) is 45.0 Å². The van der Waals surface area contributed by atoms with Crippen LogP contribution in [0.4, 0.5) is 0 Å². The molecule has 0 saturated heterocycles. The highest BCUT2D eigenvalue weighted by molar-refractivity contribution is 6.11. The summed E-state index contributed by atoms with van der Waals surface area (Å²) in [7, 11) is 0. The summed E-state index contributed by atoms with van der Waals surface area (Å²) in [6.45, 7) is 5.83. The maximum atomic E-state index is 4.99. The van der Waals surface area contributed by atoms with Crippen LogP contribution in [-0.2, 0) is 0 Å². The van der Waals surface area contributed by atoms with Gasteiger partial charge < -0.3 is 9.13 Å². The number of benzene rings is 5. The van der Waals surface area contributed by atoms with Crippen molar-refractivity contribution in [2.24, 2.45) is 4.99 Å². The molecule has 0 aliphatic carbocycles. The van der Waals surface area contributed by atoms with Crippen molar-refractivity contribution in [1.82, 2.24) is 24.1 Å². The van der Waals surface area contributed by atoms with Gasteiger partial charge in [-0.1, -0.05) is 84.9 Å². The maximum absolute atomic E-state index is 4.99. The Morgan fingerprint density at radius 2 is 1.21 bits per heavy atom. The molecule has 5 aromatic heterocycles. The van der Waals surface area contributed by atoms with Crippen LogP contribution in [0.3, 0.4) is 0 Å². The zero-order valence-corrected chi connectivity index (χ0v) is 31.3. The molecular weight excluding hydrogens is 697 g/mol. The summed E-state index contributed by atoms with van der Waals surface area (Å²) < 4.78 is 4.70. The fraction of sp³-hybridized carbons (Fsp3) is 0.0196. The van der Waals surface area contributed by atoms with Crippen molar-refractivity contribution in [3.05, 3.63) is 194 Å². The number of nitrogens with zero attached hydrogens (tertiary/aromatic N) is 6. The second-order valence-corrected chi connectivity index (χ2v) is 14.0. The summed E-state index contributed by atoms with van der Waals surface area (Å²) in [4.78, 5) is 18.8. The fourth-order valence-electron chi connectivity index (χ4n) is 8.00. The normalized spacial score (nSPS) is 12.1. The van der Waals surface area contributed by atoms with Crippen molar-refractivity contribution < 1.29 is 0 Å². The molecule has 0 unspecified atom stereocenters. The quantitative estimate of drug-likeness (QED) is 0.115. The summed E-state index contributed by atoms with van der Waals surface area (Å²) in [5.74, 6) is 0. The fourth-order valence-corrected chi connectivity index (χ4v) is 8.00. The van der Waals surface area contributed by atoms with E-state index in [9.17, 15) is 0 Å². The number of hydrogen-bond acceptors (Lipinski definition) is 4. The van der Waals surface area contributed by atoms with Crippen molar-refractivity contribution in [1.29, 1.82) is 0 Å². The molecule has 0 spiro atoms. The van der Waals surface area contributed by atoms with Gasteiger partial charge in [-0.15, -0.1) is 0 Å². The smallest absolute Gasteiger partial charge is 0.0963 e. The first-order valence-corrected chi connectivity index (χ1v) is 19.0. The first kappa shape index (κ1) is 33.8. The standard InChI is InChI=1S/C51H36N6/c1-3-4-19-43(52-2)45-30-37(31-46(55-45)44-20-10-11-27-53-44)34-14-12-17-39(29-34)57-48-22-13-28-54-51(48)42-26-24-36(33-50(42)57)35-23-25-41-40-18-8-9-21-47(40)56(49(41)32-35)38-15-6-5-7-16-38/h3-33H,2H2,1H3/b4-3-,43-19-. The van der Waals surface area contributed by atoms with Crippen LogP contribution in [0.2, 0.25) is 0 Å². The Bertz CT molecular complexity index is 3210. The van der Waals surface area contributed by atoms with Crippen LogP contribution in [0.5, 0.6) is 0 Å². The number of para-hydroxylation sites is 2. The minimum absolute atomic E-state index is 0.687. The second-order valence-electron chi connectivity index (χ2n) is 14.0. The van der Waals surface area contributed by atoms with Gasteiger partial charge in [0.2, 0.25) is 0 Å². The van der Waals surface area contributed by atoms with Crippen molar-refractivity contribution in [3.63, 3.8) is 0 Å². The molecule has 270 valence electrons. The summed E-state index contributed by atoms with van der Waals surface area (Å²) in [6.07, 6.45) is 9.51. The number of rotatable bonds is 8. The molecule has 10 aromatic rings. The highest BCUT2D eigenvalue weighted by Gasteiger charge is 2.18. The number of allylic oxidation sites excluding steroid dienone is 3. The molecule has 57 heavy (non-hydrogen) atoms. The van der Waals surface area contributed by atoms with E-state index in [1.807, 2.05) is 55.6 Å². The van der Waals surface area contributed by atoms with Gasteiger partial charge in [-0.05, 0) is 127 Å². The van der Waals surface area contributed by atoms with Gasteiger partial charge >= 0.3 is 0 Å². The van der Waals surface area contributed by atoms with Gasteiger partial charge in [0.15, 0.2) is 0 Å². The summed E-state index contributed by atoms with van der Waals surface area (Å²) in [6, 6.07) is 55.7. The molecule has 5 aromatic carbocycles. The van der Waals surface area contributed by atoms with Crippen molar-refractivity contribution in [2.75, 3.05) is 0 Å². The van der Waals surface area contributed by atoms with Crippen molar-refractivity contribution in [2.45, 2.75) is 6.92 Å². The third-order valence-electron chi connectivity index (χ3n) is 10.6. The zero-order valence-electron chi connectivity index (χ0n) is 31.3. The Morgan fingerprint density at radius 3 is 2.02 bits per heavy atom. The lowest BCUT2D eigenvalue weighted by Gasteiger charge is -2.13. The van der Waals surface area contributed by atoms with E-state index in [-0.39, 0.29) is 0 Å². The Morgan fingerprint density at radius 1 is 0.526 bits per heavy atom. The molecule has 0 saturated carbocycles. The van der Waals surface area contributed by atoms with Gasteiger partial charge in [-0.25, -0.2) is 4.98 Å². The largest absolute Gasteiger partial charge is 0.309 e. The average molecular weight is 733 g/mol. The van der Waals surface area contributed by atoms with Gasteiger partial charge in [0.05, 0.1) is 50.4 Å². The molecule has 6 heteroatoms. The highest BCUT2D eigenvalue weighted by atomic mass is 15.0. The summed E-state index contributed by atoms with van der Waals surface area (Å²) in [5.41, 5.74) is 14.9. The van der Waals surface area contributed by atoms with Crippen LogP contribution in [0.25, 0.3) is 94.5 Å². The Balaban J connectivity index is 1.15. The molecule has 0 aliphatic heterocycles. The number of pyridine rings is 3. The molecule has 0 atom stereocenters. The first-order valence-electron chi connectivity index (χ1n) is 19.0. The predicted octanol–water partition coefficient (Wildman–Crippen LogP) is 12.7. The topological polar surface area (TPSA) is 60.9 Å². The lowest BCUT2D eigenvalue weighted by atomic mass is 10.0. The maximum Gasteiger partial charge on any atom is 0.0963 e. The molecule has 0 bridgehead atoms. The summed E-state index contributed by atoms with van der Waals surface area (Å²) in [5, 5.41) is 3.57. The second kappa shape index (κ2) is 14.2. The number of hydrogen-bond donors (Lipinski definition) is 0. The minimum atomic E-state index is 0.687. The zero-order chi connectivity index (χ0) is 38.3. The Hall–Kier alpha value is -7.70. The molecular formula is C51H36N6. The van der Waals surface area contributed by atoms with Crippen molar-refractivity contribution >= 4 is 56.2 Å². The third kappa shape index (κ3) is 5.92. The third-order valence-corrected chi connectivity index (χ3v) is 10.6. The lowest BCUT2D eigenvalue weighted by molar-refractivity contribution is 1.17. The minimum Gasteiger partial charge on any atom is -0.309 e. The highest BCUT2D eigenvalue weighted by Crippen LogP contribution is 2.38. The van der Waals surface area contributed by atoms with Crippen LogP contribution < -0.4 is 0 Å². The van der Waals surface area contributed by atoms with Gasteiger partial charge in [0.1, 0.15) is 0 Å². The molecule has 0 amide bonds. The molecule has 0 radical (unpaired) electrons. The summed E-state index contributed by atoms with van der Waals surface area (Å²) >= 11 is 0. The Labute approximate surface area is 330 Å². The van der Waals surface area contributed by atoms with Gasteiger partial charge in [0, 0.05) is 39.9 Å². The van der Waals surface area contributed by atoms with E-state index >= 15 is 0 Å². The monoisotopic (exact) mass is 732 g/mol. The molecule has 0 aliphatic rings. The van der Waals surface area contributed by atoms with E-state index in [1.54, 1.807) is 6.20 Å². The number of aliphatic imine (C=N–C) groups is 1. The molecule has 0 fully saturated rings. The first-order chi connectivity index (χ1) is 28.2. The molecule has 10 rings (SSSR count). The van der Waals surface area contributed by atoms with Crippen LogP contribution in [0, 0.1) is 0 Å². The van der Waals surface area contributed by atoms with Crippen LogP contribution in [0.1, 0.15) is 12.6 Å². The van der Waals surface area contributed by atoms with Crippen LogP contribution >= 0.6 is 0 Å². The van der Waals surface area contributed by atoms with E-state index in [1.165, 1.54) is 21.8 Å². The SMILES string of the molecule is C=N/C(=C\C=C/C)c1cc(-c2cccc(-n3c4cc(-c5ccc6c7ccccc7n(-c7ccccc7)c6c5)ccc4c4ncccc43)c2)cc(-c2ccccn2)n1. The van der Waals surface area contributed by atoms with Crippen LogP contribution in [0.15, 0.2) is 193 Å². The van der Waals surface area contributed by atoms with E-state index in [0.717, 1.165) is 72.6 Å². The molecule has 6 nitrogen and oxygen atoms in total. The van der Waals surface area contributed by atoms with Gasteiger partial charge in [-0.3, -0.25) is 15.0 Å². The number of aromatic nitrogens is 5. The predicted molar refractivity (Wildman–Crippen MR) is 237 cm³/mol.